The Hall–Kier alpha value is -2.08. The zero-order valence-electron chi connectivity index (χ0n) is 8.29. The lowest BCUT2D eigenvalue weighted by atomic mass is 10.2. The fraction of sp³-hybridized carbons (Fsp3) is 0. The number of pyridine rings is 1. The summed E-state index contributed by atoms with van der Waals surface area (Å²) in [4.78, 5) is 4.26. The van der Waals surface area contributed by atoms with Gasteiger partial charge >= 0.3 is 0 Å². The van der Waals surface area contributed by atoms with Crippen LogP contribution in [0.25, 0.3) is 0 Å². The molecular formula is C10H9N5S. The number of nitrogens with zero attached hydrogens (tertiary/aromatic N) is 3. The van der Waals surface area contributed by atoms with Gasteiger partial charge in [-0.05, 0) is 18.2 Å². The van der Waals surface area contributed by atoms with Crippen LogP contribution in [0.4, 0.5) is 11.5 Å². The number of thiocarbonyl (C=S) groups is 1. The number of aromatic nitrogens is 3. The molecule has 3 N–H and O–H groups in total. The van der Waals surface area contributed by atoms with E-state index in [0.717, 1.165) is 5.69 Å². The van der Waals surface area contributed by atoms with E-state index in [-0.39, 0.29) is 4.99 Å². The first kappa shape index (κ1) is 10.4. The molecule has 16 heavy (non-hydrogen) atoms. The Morgan fingerprint density at radius 1 is 1.31 bits per heavy atom. The molecule has 0 saturated carbocycles. The molecule has 0 aromatic carbocycles. The molecule has 0 radical (unpaired) electrons. The van der Waals surface area contributed by atoms with Crippen molar-refractivity contribution >= 4 is 28.7 Å². The minimum Gasteiger partial charge on any atom is -0.389 e. The van der Waals surface area contributed by atoms with E-state index in [1.54, 1.807) is 24.7 Å². The largest absolute Gasteiger partial charge is 0.389 e. The highest BCUT2D eigenvalue weighted by Gasteiger charge is 2.06. The van der Waals surface area contributed by atoms with E-state index >= 15 is 0 Å². The molecule has 0 aliphatic carbocycles. The van der Waals surface area contributed by atoms with E-state index in [0.29, 0.717) is 11.4 Å². The van der Waals surface area contributed by atoms with Crippen molar-refractivity contribution in [3.05, 3.63) is 42.4 Å². The Morgan fingerprint density at radius 2 is 2.19 bits per heavy atom. The van der Waals surface area contributed by atoms with Crippen molar-refractivity contribution in [2.75, 3.05) is 5.32 Å². The first-order valence-corrected chi connectivity index (χ1v) is 4.97. The smallest absolute Gasteiger partial charge is 0.163 e. The van der Waals surface area contributed by atoms with Gasteiger partial charge in [0.15, 0.2) is 5.82 Å². The van der Waals surface area contributed by atoms with Crippen LogP contribution in [0.15, 0.2) is 36.8 Å². The van der Waals surface area contributed by atoms with Crippen LogP contribution in [0.1, 0.15) is 5.56 Å². The number of anilines is 2. The summed E-state index contributed by atoms with van der Waals surface area (Å²) in [5, 5.41) is 10.8. The number of hydrogen-bond acceptors (Lipinski definition) is 5. The molecule has 5 nitrogen and oxygen atoms in total. The Balaban J connectivity index is 2.31. The number of nitrogens with two attached hydrogens (primary N) is 1. The van der Waals surface area contributed by atoms with Crippen molar-refractivity contribution in [1.29, 1.82) is 0 Å². The lowest BCUT2D eigenvalue weighted by Crippen LogP contribution is -2.13. The summed E-state index contributed by atoms with van der Waals surface area (Å²) in [5.41, 5.74) is 7.04. The van der Waals surface area contributed by atoms with Crippen LogP contribution in [-0.4, -0.2) is 20.2 Å². The van der Waals surface area contributed by atoms with Crippen LogP contribution in [0.2, 0.25) is 0 Å². The van der Waals surface area contributed by atoms with Crippen LogP contribution in [0.3, 0.4) is 0 Å². The van der Waals surface area contributed by atoms with E-state index in [1.807, 2.05) is 12.1 Å². The maximum absolute atomic E-state index is 5.58. The summed E-state index contributed by atoms with van der Waals surface area (Å²) in [7, 11) is 0. The monoisotopic (exact) mass is 231 g/mol. The second-order valence-electron chi connectivity index (χ2n) is 3.02. The SMILES string of the molecule is NC(=S)c1ccnnc1Nc1cccnc1. The van der Waals surface area contributed by atoms with Crippen molar-refractivity contribution in [2.24, 2.45) is 5.73 Å². The topological polar surface area (TPSA) is 76.7 Å². The Morgan fingerprint density at radius 3 is 2.88 bits per heavy atom. The van der Waals surface area contributed by atoms with Crippen LogP contribution < -0.4 is 11.1 Å². The molecule has 2 aromatic rings. The van der Waals surface area contributed by atoms with E-state index in [4.69, 9.17) is 18.0 Å². The predicted molar refractivity (Wildman–Crippen MR) is 65.4 cm³/mol. The lowest BCUT2D eigenvalue weighted by Gasteiger charge is -2.07. The summed E-state index contributed by atoms with van der Waals surface area (Å²) in [6.45, 7) is 0. The van der Waals surface area contributed by atoms with Gasteiger partial charge in [0.05, 0.1) is 23.6 Å². The summed E-state index contributed by atoms with van der Waals surface area (Å²) in [5.74, 6) is 0.531. The minimum absolute atomic E-state index is 0.279. The van der Waals surface area contributed by atoms with Gasteiger partial charge in [0.2, 0.25) is 0 Å². The molecule has 2 aromatic heterocycles. The molecule has 0 spiro atoms. The fourth-order valence-electron chi connectivity index (χ4n) is 1.20. The van der Waals surface area contributed by atoms with Gasteiger partial charge in [-0.1, -0.05) is 12.2 Å². The van der Waals surface area contributed by atoms with E-state index in [1.165, 1.54) is 0 Å². The molecule has 80 valence electrons. The Kier molecular flexibility index (Phi) is 3.02. The van der Waals surface area contributed by atoms with Gasteiger partial charge in [0.25, 0.3) is 0 Å². The van der Waals surface area contributed by atoms with E-state index in [2.05, 4.69) is 20.5 Å². The summed E-state index contributed by atoms with van der Waals surface area (Å²) in [6.07, 6.45) is 4.91. The van der Waals surface area contributed by atoms with Gasteiger partial charge in [-0.3, -0.25) is 4.98 Å². The molecule has 6 heteroatoms. The summed E-state index contributed by atoms with van der Waals surface area (Å²) >= 11 is 4.92. The second-order valence-corrected chi connectivity index (χ2v) is 3.46. The molecule has 0 aliphatic rings. The van der Waals surface area contributed by atoms with Gasteiger partial charge < -0.3 is 11.1 Å². The fourth-order valence-corrected chi connectivity index (χ4v) is 1.36. The van der Waals surface area contributed by atoms with Crippen molar-refractivity contribution in [2.45, 2.75) is 0 Å². The van der Waals surface area contributed by atoms with Gasteiger partial charge in [0.1, 0.15) is 4.99 Å². The average molecular weight is 231 g/mol. The molecule has 0 unspecified atom stereocenters. The molecule has 0 atom stereocenters. The third-order valence-corrected chi connectivity index (χ3v) is 2.13. The standard InChI is InChI=1S/C10H9N5S/c11-9(16)8-3-5-13-15-10(8)14-7-2-1-4-12-6-7/h1-6H,(H2,11,16)(H,14,15). The Labute approximate surface area is 97.7 Å². The van der Waals surface area contributed by atoms with Crippen LogP contribution in [0, 0.1) is 0 Å². The highest BCUT2D eigenvalue weighted by molar-refractivity contribution is 7.80. The first-order valence-electron chi connectivity index (χ1n) is 4.56. The second kappa shape index (κ2) is 4.63. The van der Waals surface area contributed by atoms with Gasteiger partial charge in [0, 0.05) is 6.20 Å². The number of nitrogens with one attached hydrogen (secondary N) is 1. The Bertz CT molecular complexity index is 500. The molecule has 0 bridgehead atoms. The van der Waals surface area contributed by atoms with Crippen LogP contribution >= 0.6 is 12.2 Å². The van der Waals surface area contributed by atoms with Gasteiger partial charge in [-0.15, -0.1) is 5.10 Å². The van der Waals surface area contributed by atoms with Crippen molar-refractivity contribution in [3.63, 3.8) is 0 Å². The highest BCUT2D eigenvalue weighted by Crippen LogP contribution is 2.16. The zero-order chi connectivity index (χ0) is 11.4. The zero-order valence-corrected chi connectivity index (χ0v) is 9.11. The van der Waals surface area contributed by atoms with Crippen LogP contribution in [0.5, 0.6) is 0 Å². The normalized spacial score (nSPS) is 9.75. The summed E-state index contributed by atoms with van der Waals surface area (Å²) < 4.78 is 0. The third kappa shape index (κ3) is 2.29. The molecule has 0 amide bonds. The highest BCUT2D eigenvalue weighted by atomic mass is 32.1. The minimum atomic E-state index is 0.279. The third-order valence-electron chi connectivity index (χ3n) is 1.91. The first-order chi connectivity index (χ1) is 7.77. The molecule has 2 heterocycles. The van der Waals surface area contributed by atoms with Gasteiger partial charge in [-0.25, -0.2) is 0 Å². The van der Waals surface area contributed by atoms with Crippen molar-refractivity contribution in [3.8, 4) is 0 Å². The van der Waals surface area contributed by atoms with Gasteiger partial charge in [-0.2, -0.15) is 5.10 Å². The van der Waals surface area contributed by atoms with Crippen molar-refractivity contribution < 1.29 is 0 Å². The molecule has 0 saturated heterocycles. The van der Waals surface area contributed by atoms with Crippen molar-refractivity contribution in [1.82, 2.24) is 15.2 Å². The quantitative estimate of drug-likeness (QED) is 0.774. The summed E-state index contributed by atoms with van der Waals surface area (Å²) in [6, 6.07) is 5.40. The molecule has 0 fully saturated rings. The van der Waals surface area contributed by atoms with Crippen LogP contribution in [-0.2, 0) is 0 Å². The molecule has 2 rings (SSSR count). The lowest BCUT2D eigenvalue weighted by molar-refractivity contribution is 1.03. The number of hydrogen-bond donors (Lipinski definition) is 2. The van der Waals surface area contributed by atoms with E-state index in [9.17, 15) is 0 Å². The van der Waals surface area contributed by atoms with E-state index < -0.39 is 0 Å². The predicted octanol–water partition coefficient (Wildman–Crippen LogP) is 1.25. The maximum Gasteiger partial charge on any atom is 0.163 e. The maximum atomic E-state index is 5.58. The average Bonchev–Trinajstić information content (AvgIpc) is 2.31. The molecule has 0 aliphatic heterocycles. The number of rotatable bonds is 3. The molecular weight excluding hydrogens is 222 g/mol.